The minimum atomic E-state index is -3.96. The normalized spacial score (nSPS) is 19.1. The van der Waals surface area contributed by atoms with Gasteiger partial charge in [0.15, 0.2) is 0 Å². The third kappa shape index (κ3) is 4.14. The molecular weight excluding hydrogens is 319 g/mol. The first-order chi connectivity index (χ1) is 9.94. The average molecular weight is 337 g/mol. The van der Waals surface area contributed by atoms with Gasteiger partial charge in [-0.2, -0.15) is 0 Å². The van der Waals surface area contributed by atoms with Gasteiger partial charge in [0, 0.05) is 29.8 Å². The molecule has 1 unspecified atom stereocenters. The minimum Gasteiger partial charge on any atom is -0.380 e. The van der Waals surface area contributed by atoms with Gasteiger partial charge in [0.1, 0.15) is 10.7 Å². The number of ether oxygens (including phenoxy) is 1. The molecule has 0 aromatic heterocycles. The topological polar surface area (TPSA) is 67.4 Å². The molecule has 5 nitrogen and oxygen atoms in total. The quantitative estimate of drug-likeness (QED) is 0.829. The summed E-state index contributed by atoms with van der Waals surface area (Å²) >= 11 is 5.91. The van der Waals surface area contributed by atoms with E-state index in [-0.39, 0.29) is 23.2 Å². The standard InChI is InChI=1S/C13H18ClFN2O3S/c1-2-16-7-9-5-10(14)6-12(13(9)15)21(18,19)17-11-3-4-20-8-11/h5-6,11,16-17H,2-4,7-8H2,1H3. The van der Waals surface area contributed by atoms with Crippen molar-refractivity contribution in [3.8, 4) is 0 Å². The highest BCUT2D eigenvalue weighted by Crippen LogP contribution is 2.24. The Bertz CT molecular complexity index is 604. The van der Waals surface area contributed by atoms with Gasteiger partial charge < -0.3 is 10.1 Å². The van der Waals surface area contributed by atoms with Crippen LogP contribution in [0, 0.1) is 5.82 Å². The van der Waals surface area contributed by atoms with Gasteiger partial charge in [-0.25, -0.2) is 17.5 Å². The van der Waals surface area contributed by atoms with Crippen LogP contribution in [0.3, 0.4) is 0 Å². The molecule has 0 radical (unpaired) electrons. The number of nitrogens with one attached hydrogen (secondary N) is 2. The van der Waals surface area contributed by atoms with Crippen LogP contribution in [0.5, 0.6) is 0 Å². The molecule has 8 heteroatoms. The second kappa shape index (κ2) is 7.02. The highest BCUT2D eigenvalue weighted by Gasteiger charge is 2.27. The summed E-state index contributed by atoms with van der Waals surface area (Å²) in [4.78, 5) is -0.421. The lowest BCUT2D eigenvalue weighted by Crippen LogP contribution is -2.35. The number of hydrogen-bond donors (Lipinski definition) is 2. The fourth-order valence-electron chi connectivity index (χ4n) is 2.11. The third-order valence-corrected chi connectivity index (χ3v) is 4.92. The molecule has 118 valence electrons. The first kappa shape index (κ1) is 16.6. The maximum Gasteiger partial charge on any atom is 0.243 e. The summed E-state index contributed by atoms with van der Waals surface area (Å²) in [5.41, 5.74) is 0.229. The van der Waals surface area contributed by atoms with Gasteiger partial charge in [0.25, 0.3) is 0 Å². The van der Waals surface area contributed by atoms with Crippen LogP contribution >= 0.6 is 11.6 Å². The van der Waals surface area contributed by atoms with Crippen molar-refractivity contribution < 1.29 is 17.5 Å². The molecule has 1 aliphatic rings. The van der Waals surface area contributed by atoms with Crippen LogP contribution in [0.25, 0.3) is 0 Å². The molecule has 1 fully saturated rings. The van der Waals surface area contributed by atoms with Crippen molar-refractivity contribution in [2.45, 2.75) is 30.8 Å². The van der Waals surface area contributed by atoms with Gasteiger partial charge in [-0.3, -0.25) is 0 Å². The van der Waals surface area contributed by atoms with Crippen molar-refractivity contribution in [3.63, 3.8) is 0 Å². The van der Waals surface area contributed by atoms with E-state index in [0.29, 0.717) is 26.2 Å². The zero-order chi connectivity index (χ0) is 15.5. The van der Waals surface area contributed by atoms with Crippen LogP contribution in [0.1, 0.15) is 18.9 Å². The van der Waals surface area contributed by atoms with Gasteiger partial charge in [-0.15, -0.1) is 0 Å². The van der Waals surface area contributed by atoms with E-state index >= 15 is 0 Å². The Kier molecular flexibility index (Phi) is 5.56. The summed E-state index contributed by atoms with van der Waals surface area (Å²) in [7, 11) is -3.96. The summed E-state index contributed by atoms with van der Waals surface area (Å²) in [6.45, 7) is 3.54. The number of sulfonamides is 1. The Labute approximate surface area is 128 Å². The molecule has 0 spiro atoms. The SMILES string of the molecule is CCNCc1cc(Cl)cc(S(=O)(=O)NC2CCOC2)c1F. The number of halogens is 2. The van der Waals surface area contributed by atoms with Crippen molar-refractivity contribution in [3.05, 3.63) is 28.5 Å². The van der Waals surface area contributed by atoms with Crippen LogP contribution in [0.2, 0.25) is 5.02 Å². The van der Waals surface area contributed by atoms with Gasteiger partial charge in [-0.1, -0.05) is 18.5 Å². The summed E-state index contributed by atoms with van der Waals surface area (Å²) < 4.78 is 46.6. The van der Waals surface area contributed by atoms with Crippen LogP contribution in [0.15, 0.2) is 17.0 Å². The Morgan fingerprint density at radius 3 is 2.86 bits per heavy atom. The molecule has 1 atom stereocenters. The van der Waals surface area contributed by atoms with E-state index in [9.17, 15) is 12.8 Å². The van der Waals surface area contributed by atoms with E-state index in [1.807, 2.05) is 6.92 Å². The zero-order valence-electron chi connectivity index (χ0n) is 11.7. The number of benzene rings is 1. The molecule has 0 amide bonds. The van der Waals surface area contributed by atoms with Crippen molar-refractivity contribution in [2.75, 3.05) is 19.8 Å². The Hall–Kier alpha value is -0.730. The maximum atomic E-state index is 14.4. The minimum absolute atomic E-state index is 0.187. The first-order valence-corrected chi connectivity index (χ1v) is 8.59. The molecule has 0 aliphatic carbocycles. The molecular formula is C13H18ClFN2O3S. The fourth-order valence-corrected chi connectivity index (χ4v) is 3.82. The highest BCUT2D eigenvalue weighted by molar-refractivity contribution is 7.89. The van der Waals surface area contributed by atoms with Crippen molar-refractivity contribution in [1.29, 1.82) is 0 Å². The van der Waals surface area contributed by atoms with Crippen molar-refractivity contribution in [2.24, 2.45) is 0 Å². The van der Waals surface area contributed by atoms with E-state index in [2.05, 4.69) is 10.0 Å². The molecule has 0 saturated carbocycles. The summed E-state index contributed by atoms with van der Waals surface area (Å²) in [6.07, 6.45) is 0.575. The molecule has 1 aliphatic heterocycles. The van der Waals surface area contributed by atoms with Crippen molar-refractivity contribution in [1.82, 2.24) is 10.0 Å². The smallest absolute Gasteiger partial charge is 0.243 e. The molecule has 0 bridgehead atoms. The van der Waals surface area contributed by atoms with Crippen LogP contribution in [-0.2, 0) is 21.3 Å². The molecule has 1 heterocycles. The van der Waals surface area contributed by atoms with E-state index in [4.69, 9.17) is 16.3 Å². The average Bonchev–Trinajstić information content (AvgIpc) is 2.91. The molecule has 1 saturated heterocycles. The maximum absolute atomic E-state index is 14.4. The lowest BCUT2D eigenvalue weighted by molar-refractivity contribution is 0.192. The Morgan fingerprint density at radius 2 is 2.24 bits per heavy atom. The Balaban J connectivity index is 2.30. The predicted molar refractivity (Wildman–Crippen MR) is 78.3 cm³/mol. The fraction of sp³-hybridized carbons (Fsp3) is 0.538. The lowest BCUT2D eigenvalue weighted by atomic mass is 10.2. The monoisotopic (exact) mass is 336 g/mol. The first-order valence-electron chi connectivity index (χ1n) is 6.72. The van der Waals surface area contributed by atoms with E-state index < -0.39 is 20.7 Å². The van der Waals surface area contributed by atoms with Gasteiger partial charge >= 0.3 is 0 Å². The second-order valence-corrected chi connectivity index (χ2v) is 6.96. The van der Waals surface area contributed by atoms with E-state index in [1.165, 1.54) is 6.07 Å². The summed E-state index contributed by atoms with van der Waals surface area (Å²) in [6, 6.07) is 2.23. The summed E-state index contributed by atoms with van der Waals surface area (Å²) in [5.74, 6) is -0.772. The number of rotatable bonds is 6. The molecule has 2 N–H and O–H groups in total. The van der Waals surface area contributed by atoms with Crippen LogP contribution in [-0.4, -0.2) is 34.2 Å². The largest absolute Gasteiger partial charge is 0.380 e. The van der Waals surface area contributed by atoms with E-state index in [1.54, 1.807) is 0 Å². The lowest BCUT2D eigenvalue weighted by Gasteiger charge is -2.14. The van der Waals surface area contributed by atoms with Crippen LogP contribution in [0.4, 0.5) is 4.39 Å². The third-order valence-electron chi connectivity index (χ3n) is 3.19. The molecule has 1 aromatic rings. The van der Waals surface area contributed by atoms with Gasteiger partial charge in [0.2, 0.25) is 10.0 Å². The predicted octanol–water partition coefficient (Wildman–Crippen LogP) is 1.66. The van der Waals surface area contributed by atoms with Crippen molar-refractivity contribution >= 4 is 21.6 Å². The van der Waals surface area contributed by atoms with E-state index in [0.717, 1.165) is 6.07 Å². The molecule has 21 heavy (non-hydrogen) atoms. The molecule has 2 rings (SSSR count). The highest BCUT2D eigenvalue weighted by atomic mass is 35.5. The second-order valence-electron chi connectivity index (χ2n) is 4.84. The van der Waals surface area contributed by atoms with Crippen LogP contribution < -0.4 is 10.0 Å². The van der Waals surface area contributed by atoms with Gasteiger partial charge in [-0.05, 0) is 25.1 Å². The Morgan fingerprint density at radius 1 is 1.48 bits per heavy atom. The summed E-state index contributed by atoms with van der Waals surface area (Å²) in [5, 5.41) is 3.14. The number of hydrogen-bond acceptors (Lipinski definition) is 4. The zero-order valence-corrected chi connectivity index (χ0v) is 13.2. The molecule has 1 aromatic carbocycles. The van der Waals surface area contributed by atoms with Gasteiger partial charge in [0.05, 0.1) is 6.61 Å².